The Kier molecular flexibility index (Phi) is 4.63. The Hall–Kier alpha value is -0.510. The SMILES string of the molecule is CN1CCN(NS(=O)(=O)c2cc(CNC3CC3)cs2)CC1. The molecule has 1 saturated heterocycles. The predicted molar refractivity (Wildman–Crippen MR) is 83.6 cm³/mol. The van der Waals surface area contributed by atoms with Gasteiger partial charge in [0.2, 0.25) is 0 Å². The van der Waals surface area contributed by atoms with Crippen LogP contribution in [0.25, 0.3) is 0 Å². The third-order valence-corrected chi connectivity index (χ3v) is 6.68. The van der Waals surface area contributed by atoms with Crippen molar-refractivity contribution in [3.05, 3.63) is 17.0 Å². The maximum atomic E-state index is 12.4. The van der Waals surface area contributed by atoms with E-state index in [-0.39, 0.29) is 0 Å². The molecule has 21 heavy (non-hydrogen) atoms. The third kappa shape index (κ3) is 4.24. The number of hydrogen-bond acceptors (Lipinski definition) is 6. The summed E-state index contributed by atoms with van der Waals surface area (Å²) in [4.78, 5) is 4.88. The van der Waals surface area contributed by atoms with Gasteiger partial charge in [-0.15, -0.1) is 16.2 Å². The van der Waals surface area contributed by atoms with Gasteiger partial charge in [-0.2, -0.15) is 0 Å². The van der Waals surface area contributed by atoms with E-state index in [1.54, 1.807) is 11.1 Å². The fraction of sp³-hybridized carbons (Fsp3) is 0.692. The summed E-state index contributed by atoms with van der Waals surface area (Å²) < 4.78 is 25.1. The van der Waals surface area contributed by atoms with Crippen molar-refractivity contribution in [1.82, 2.24) is 20.1 Å². The molecule has 0 radical (unpaired) electrons. The molecule has 1 saturated carbocycles. The predicted octanol–water partition coefficient (Wildman–Crippen LogP) is 0.441. The van der Waals surface area contributed by atoms with E-state index in [1.165, 1.54) is 24.2 Å². The van der Waals surface area contributed by atoms with Crippen LogP contribution in [0.3, 0.4) is 0 Å². The molecule has 2 heterocycles. The molecule has 2 fully saturated rings. The van der Waals surface area contributed by atoms with Gasteiger partial charge in [-0.3, -0.25) is 0 Å². The number of piperazine rings is 1. The lowest BCUT2D eigenvalue weighted by Gasteiger charge is -2.31. The molecule has 2 aliphatic rings. The first-order valence-corrected chi connectivity index (χ1v) is 9.66. The molecule has 0 spiro atoms. The molecule has 1 aliphatic carbocycles. The van der Waals surface area contributed by atoms with E-state index in [9.17, 15) is 8.42 Å². The second-order valence-corrected chi connectivity index (χ2v) is 8.61. The Bertz CT molecular complexity index is 575. The minimum atomic E-state index is -3.43. The lowest BCUT2D eigenvalue weighted by atomic mass is 10.3. The van der Waals surface area contributed by atoms with E-state index in [2.05, 4.69) is 15.0 Å². The Labute approximate surface area is 130 Å². The van der Waals surface area contributed by atoms with Gasteiger partial charge >= 0.3 is 0 Å². The average molecular weight is 330 g/mol. The van der Waals surface area contributed by atoms with E-state index >= 15 is 0 Å². The first-order valence-electron chi connectivity index (χ1n) is 7.30. The van der Waals surface area contributed by atoms with Crippen LogP contribution in [0.5, 0.6) is 0 Å². The van der Waals surface area contributed by atoms with E-state index < -0.39 is 10.0 Å². The molecule has 8 heteroatoms. The molecule has 3 rings (SSSR count). The van der Waals surface area contributed by atoms with Crippen LogP contribution in [0.15, 0.2) is 15.7 Å². The molecule has 0 atom stereocenters. The van der Waals surface area contributed by atoms with Crippen molar-refractivity contribution in [3.63, 3.8) is 0 Å². The Morgan fingerprint density at radius 3 is 2.67 bits per heavy atom. The summed E-state index contributed by atoms with van der Waals surface area (Å²) in [6, 6.07) is 2.41. The summed E-state index contributed by atoms with van der Waals surface area (Å²) in [5.74, 6) is 0. The molecular weight excluding hydrogens is 308 g/mol. The second-order valence-electron chi connectivity index (χ2n) is 5.81. The van der Waals surface area contributed by atoms with Crippen LogP contribution >= 0.6 is 11.3 Å². The molecule has 1 aromatic heterocycles. The minimum absolute atomic E-state index is 0.397. The Morgan fingerprint density at radius 1 is 1.29 bits per heavy atom. The maximum Gasteiger partial charge on any atom is 0.262 e. The number of sulfonamides is 1. The standard InChI is InChI=1S/C13H22N4O2S2/c1-16-4-6-17(7-5-16)15-21(18,19)13-8-11(10-20-13)9-14-12-2-3-12/h8,10,12,14-15H,2-7,9H2,1H3. The van der Waals surface area contributed by atoms with Gasteiger partial charge in [0.05, 0.1) is 0 Å². The van der Waals surface area contributed by atoms with Gasteiger partial charge in [0.1, 0.15) is 4.21 Å². The first kappa shape index (κ1) is 15.4. The molecule has 6 nitrogen and oxygen atoms in total. The summed E-state index contributed by atoms with van der Waals surface area (Å²) >= 11 is 1.29. The summed E-state index contributed by atoms with van der Waals surface area (Å²) in [6.07, 6.45) is 2.47. The topological polar surface area (TPSA) is 64.7 Å². The normalized spacial score (nSPS) is 21.8. The smallest absolute Gasteiger partial charge is 0.262 e. The van der Waals surface area contributed by atoms with Crippen LogP contribution in [0.1, 0.15) is 18.4 Å². The van der Waals surface area contributed by atoms with E-state index in [4.69, 9.17) is 0 Å². The highest BCUT2D eigenvalue weighted by molar-refractivity contribution is 7.91. The molecule has 1 aliphatic heterocycles. The number of likely N-dealkylation sites (N-methyl/N-ethyl adjacent to an activating group) is 1. The molecule has 0 unspecified atom stereocenters. The second kappa shape index (κ2) is 6.31. The maximum absolute atomic E-state index is 12.4. The highest BCUT2D eigenvalue weighted by Crippen LogP contribution is 2.23. The zero-order valence-corrected chi connectivity index (χ0v) is 13.8. The molecule has 1 aromatic rings. The molecule has 0 aromatic carbocycles. The quantitative estimate of drug-likeness (QED) is 0.792. The fourth-order valence-electron chi connectivity index (χ4n) is 2.25. The van der Waals surface area contributed by atoms with Crippen molar-refractivity contribution in [2.75, 3.05) is 33.2 Å². The minimum Gasteiger partial charge on any atom is -0.310 e. The van der Waals surface area contributed by atoms with Gasteiger partial charge in [-0.25, -0.2) is 13.4 Å². The van der Waals surface area contributed by atoms with Crippen LogP contribution < -0.4 is 10.1 Å². The van der Waals surface area contributed by atoms with Crippen LogP contribution in [0.4, 0.5) is 0 Å². The molecule has 2 N–H and O–H groups in total. The summed E-state index contributed by atoms with van der Waals surface area (Å²) in [7, 11) is -1.39. The van der Waals surface area contributed by atoms with Crippen LogP contribution in [-0.2, 0) is 16.6 Å². The van der Waals surface area contributed by atoms with Crippen molar-refractivity contribution in [3.8, 4) is 0 Å². The number of thiophene rings is 1. The van der Waals surface area contributed by atoms with Gasteiger partial charge in [-0.1, -0.05) is 0 Å². The van der Waals surface area contributed by atoms with Gasteiger partial charge in [0.15, 0.2) is 0 Å². The van der Waals surface area contributed by atoms with Crippen LogP contribution in [0, 0.1) is 0 Å². The molecular formula is C13H22N4O2S2. The number of hydrogen-bond donors (Lipinski definition) is 2. The number of nitrogens with one attached hydrogen (secondary N) is 2. The number of hydrazine groups is 1. The molecule has 0 amide bonds. The summed E-state index contributed by atoms with van der Waals surface area (Å²) in [5, 5.41) is 7.11. The third-order valence-electron chi connectivity index (χ3n) is 3.82. The first-order chi connectivity index (χ1) is 10.0. The van der Waals surface area contributed by atoms with Crippen molar-refractivity contribution >= 4 is 21.4 Å². The zero-order valence-electron chi connectivity index (χ0n) is 12.2. The van der Waals surface area contributed by atoms with Gasteiger partial charge < -0.3 is 10.2 Å². The summed E-state index contributed by atoms with van der Waals surface area (Å²) in [6.45, 7) is 3.95. The number of nitrogens with zero attached hydrogens (tertiary/aromatic N) is 2. The zero-order chi connectivity index (χ0) is 14.9. The Balaban J connectivity index is 1.58. The average Bonchev–Trinajstić information content (AvgIpc) is 3.15. The number of rotatable bonds is 6. The van der Waals surface area contributed by atoms with Gasteiger partial charge in [-0.05, 0) is 36.9 Å². The highest BCUT2D eigenvalue weighted by Gasteiger charge is 2.24. The van der Waals surface area contributed by atoms with Crippen molar-refractivity contribution in [1.29, 1.82) is 0 Å². The lowest BCUT2D eigenvalue weighted by molar-refractivity contribution is 0.135. The largest absolute Gasteiger partial charge is 0.310 e. The van der Waals surface area contributed by atoms with Crippen molar-refractivity contribution in [2.45, 2.75) is 29.6 Å². The molecule has 118 valence electrons. The Morgan fingerprint density at radius 2 is 2.00 bits per heavy atom. The van der Waals surface area contributed by atoms with Crippen LogP contribution in [-0.4, -0.2) is 57.6 Å². The van der Waals surface area contributed by atoms with E-state index in [1.807, 2.05) is 12.4 Å². The van der Waals surface area contributed by atoms with Crippen LogP contribution in [0.2, 0.25) is 0 Å². The van der Waals surface area contributed by atoms with E-state index in [0.717, 1.165) is 38.3 Å². The highest BCUT2D eigenvalue weighted by atomic mass is 32.2. The monoisotopic (exact) mass is 330 g/mol. The molecule has 0 bridgehead atoms. The summed E-state index contributed by atoms with van der Waals surface area (Å²) in [5.41, 5.74) is 1.05. The van der Waals surface area contributed by atoms with Gasteiger partial charge in [0.25, 0.3) is 10.0 Å². The van der Waals surface area contributed by atoms with Gasteiger partial charge in [0, 0.05) is 38.8 Å². The van der Waals surface area contributed by atoms with Crippen molar-refractivity contribution < 1.29 is 8.42 Å². The van der Waals surface area contributed by atoms with E-state index in [0.29, 0.717) is 10.3 Å². The lowest BCUT2D eigenvalue weighted by Crippen LogP contribution is -2.52. The fourth-order valence-corrected chi connectivity index (χ4v) is 4.57. The van der Waals surface area contributed by atoms with Crippen molar-refractivity contribution in [2.24, 2.45) is 0 Å².